The average molecular weight is 407 g/mol. The Labute approximate surface area is 184 Å². The molecule has 2 nitrogen and oxygen atoms in total. The van der Waals surface area contributed by atoms with Crippen molar-refractivity contribution in [3.8, 4) is 0 Å². The summed E-state index contributed by atoms with van der Waals surface area (Å²) in [7, 11) is 0. The summed E-state index contributed by atoms with van der Waals surface area (Å²) in [5.74, 6) is 0. The van der Waals surface area contributed by atoms with Gasteiger partial charge < -0.3 is 10.6 Å². The van der Waals surface area contributed by atoms with Crippen LogP contribution in [0, 0.1) is 0 Å². The van der Waals surface area contributed by atoms with E-state index in [4.69, 9.17) is 0 Å². The lowest BCUT2D eigenvalue weighted by Gasteiger charge is -2.33. The SMILES string of the molecule is CCCCc1ccc(CNC2CCCCC2NCc2ccc(CCCC)cc2)cc1. The van der Waals surface area contributed by atoms with E-state index >= 15 is 0 Å². The standard InChI is InChI=1S/C28H42N2/c1-3-5-9-23-13-17-25(18-14-23)21-29-27-11-7-8-12-28(27)30-22-26-19-15-24(16-20-26)10-6-4-2/h13-20,27-30H,3-12,21-22H2,1-2H3. The summed E-state index contributed by atoms with van der Waals surface area (Å²) in [5, 5.41) is 7.71. The second-order valence-electron chi connectivity index (χ2n) is 9.10. The van der Waals surface area contributed by atoms with E-state index in [0.717, 1.165) is 13.1 Å². The van der Waals surface area contributed by atoms with E-state index in [0.29, 0.717) is 12.1 Å². The third-order valence-corrected chi connectivity index (χ3v) is 6.59. The summed E-state index contributed by atoms with van der Waals surface area (Å²) in [6, 6.07) is 19.6. The molecule has 0 aliphatic heterocycles. The zero-order valence-corrected chi connectivity index (χ0v) is 19.3. The van der Waals surface area contributed by atoms with E-state index in [1.54, 1.807) is 0 Å². The van der Waals surface area contributed by atoms with Gasteiger partial charge in [-0.3, -0.25) is 0 Å². The normalized spacial score (nSPS) is 19.1. The van der Waals surface area contributed by atoms with E-state index in [1.165, 1.54) is 86.5 Å². The lowest BCUT2D eigenvalue weighted by Crippen LogP contribution is -2.49. The number of aryl methyl sites for hydroxylation is 2. The zero-order chi connectivity index (χ0) is 21.0. The summed E-state index contributed by atoms with van der Waals surface area (Å²) >= 11 is 0. The maximum Gasteiger partial charge on any atom is 0.0224 e. The number of nitrogens with one attached hydrogen (secondary N) is 2. The molecule has 0 aromatic heterocycles. The van der Waals surface area contributed by atoms with Gasteiger partial charge in [-0.05, 0) is 60.8 Å². The molecule has 0 spiro atoms. The summed E-state index contributed by atoms with van der Waals surface area (Å²) in [4.78, 5) is 0. The van der Waals surface area contributed by atoms with Crippen LogP contribution in [0.25, 0.3) is 0 Å². The fourth-order valence-electron chi connectivity index (χ4n) is 4.53. The first-order valence-corrected chi connectivity index (χ1v) is 12.4. The highest BCUT2D eigenvalue weighted by atomic mass is 15.0. The summed E-state index contributed by atoms with van der Waals surface area (Å²) in [6.07, 6.45) is 12.8. The van der Waals surface area contributed by atoms with E-state index < -0.39 is 0 Å². The van der Waals surface area contributed by atoms with E-state index in [2.05, 4.69) is 73.0 Å². The molecule has 1 aliphatic rings. The number of rotatable bonds is 12. The molecule has 0 heterocycles. The van der Waals surface area contributed by atoms with Crippen molar-refractivity contribution in [1.29, 1.82) is 0 Å². The van der Waals surface area contributed by atoms with E-state index in [9.17, 15) is 0 Å². The van der Waals surface area contributed by atoms with Crippen LogP contribution in [-0.2, 0) is 25.9 Å². The number of hydrogen-bond acceptors (Lipinski definition) is 2. The summed E-state index contributed by atoms with van der Waals surface area (Å²) in [5.41, 5.74) is 5.75. The molecule has 2 unspecified atom stereocenters. The van der Waals surface area contributed by atoms with Crippen molar-refractivity contribution in [1.82, 2.24) is 10.6 Å². The van der Waals surface area contributed by atoms with Gasteiger partial charge in [0.2, 0.25) is 0 Å². The quantitative estimate of drug-likeness (QED) is 0.417. The Balaban J connectivity index is 1.46. The Hall–Kier alpha value is -1.64. The third kappa shape index (κ3) is 7.56. The van der Waals surface area contributed by atoms with E-state index in [-0.39, 0.29) is 0 Å². The van der Waals surface area contributed by atoms with Crippen LogP contribution in [-0.4, -0.2) is 12.1 Å². The van der Waals surface area contributed by atoms with Crippen LogP contribution in [0.15, 0.2) is 48.5 Å². The van der Waals surface area contributed by atoms with Gasteiger partial charge in [0.25, 0.3) is 0 Å². The monoisotopic (exact) mass is 406 g/mol. The van der Waals surface area contributed by atoms with Crippen LogP contribution >= 0.6 is 0 Å². The zero-order valence-electron chi connectivity index (χ0n) is 19.3. The van der Waals surface area contributed by atoms with Gasteiger partial charge in [-0.2, -0.15) is 0 Å². The molecule has 1 saturated carbocycles. The predicted molar refractivity (Wildman–Crippen MR) is 130 cm³/mol. The second-order valence-corrected chi connectivity index (χ2v) is 9.10. The van der Waals surface area contributed by atoms with Crippen molar-refractivity contribution >= 4 is 0 Å². The molecule has 3 rings (SSSR count). The third-order valence-electron chi connectivity index (χ3n) is 6.59. The molecule has 1 aliphatic carbocycles. The highest BCUT2D eigenvalue weighted by Crippen LogP contribution is 2.20. The first-order valence-electron chi connectivity index (χ1n) is 12.4. The minimum absolute atomic E-state index is 0.572. The molecule has 0 amide bonds. The minimum Gasteiger partial charge on any atom is -0.308 e. The summed E-state index contributed by atoms with van der Waals surface area (Å²) in [6.45, 7) is 6.47. The van der Waals surface area contributed by atoms with Crippen molar-refractivity contribution in [2.75, 3.05) is 0 Å². The van der Waals surface area contributed by atoms with Crippen molar-refractivity contribution in [2.24, 2.45) is 0 Å². The Morgan fingerprint density at radius 3 is 1.33 bits per heavy atom. The smallest absolute Gasteiger partial charge is 0.0224 e. The highest BCUT2D eigenvalue weighted by molar-refractivity contribution is 5.23. The molecule has 2 N–H and O–H groups in total. The van der Waals surface area contributed by atoms with Crippen LogP contribution < -0.4 is 10.6 Å². The van der Waals surface area contributed by atoms with Crippen LogP contribution in [0.2, 0.25) is 0 Å². The molecular weight excluding hydrogens is 364 g/mol. The molecule has 0 saturated heterocycles. The van der Waals surface area contributed by atoms with Crippen molar-refractivity contribution in [3.63, 3.8) is 0 Å². The highest BCUT2D eigenvalue weighted by Gasteiger charge is 2.24. The van der Waals surface area contributed by atoms with Gasteiger partial charge in [-0.15, -0.1) is 0 Å². The lowest BCUT2D eigenvalue weighted by molar-refractivity contribution is 0.281. The molecule has 30 heavy (non-hydrogen) atoms. The lowest BCUT2D eigenvalue weighted by atomic mass is 9.90. The molecular formula is C28H42N2. The van der Waals surface area contributed by atoms with E-state index in [1.807, 2.05) is 0 Å². The molecule has 2 aromatic rings. The van der Waals surface area contributed by atoms with Crippen molar-refractivity contribution in [2.45, 2.75) is 103 Å². The van der Waals surface area contributed by atoms with Gasteiger partial charge in [0.15, 0.2) is 0 Å². The van der Waals surface area contributed by atoms with Gasteiger partial charge in [0, 0.05) is 25.2 Å². The first kappa shape index (κ1) is 23.0. The maximum atomic E-state index is 3.86. The average Bonchev–Trinajstić information content (AvgIpc) is 2.80. The van der Waals surface area contributed by atoms with Gasteiger partial charge in [0.1, 0.15) is 0 Å². The molecule has 0 bridgehead atoms. The molecule has 2 atom stereocenters. The van der Waals surface area contributed by atoms with Crippen molar-refractivity contribution < 1.29 is 0 Å². The molecule has 2 aromatic carbocycles. The molecule has 0 radical (unpaired) electrons. The summed E-state index contributed by atoms with van der Waals surface area (Å²) < 4.78 is 0. The Morgan fingerprint density at radius 2 is 0.967 bits per heavy atom. The molecule has 1 fully saturated rings. The second kappa shape index (κ2) is 12.9. The largest absolute Gasteiger partial charge is 0.308 e. The minimum atomic E-state index is 0.572. The fraction of sp³-hybridized carbons (Fsp3) is 0.571. The van der Waals surface area contributed by atoms with Gasteiger partial charge in [-0.25, -0.2) is 0 Å². The Bertz CT molecular complexity index is 641. The fourth-order valence-corrected chi connectivity index (χ4v) is 4.53. The van der Waals surface area contributed by atoms with Crippen LogP contribution in [0.5, 0.6) is 0 Å². The number of unbranched alkanes of at least 4 members (excludes halogenated alkanes) is 2. The molecule has 164 valence electrons. The Kier molecular flexibility index (Phi) is 9.92. The van der Waals surface area contributed by atoms with Gasteiger partial charge in [0.05, 0.1) is 0 Å². The Morgan fingerprint density at radius 1 is 0.600 bits per heavy atom. The molecule has 2 heteroatoms. The van der Waals surface area contributed by atoms with Crippen molar-refractivity contribution in [3.05, 3.63) is 70.8 Å². The first-order chi connectivity index (χ1) is 14.8. The van der Waals surface area contributed by atoms with Crippen LogP contribution in [0.1, 0.15) is 87.5 Å². The topological polar surface area (TPSA) is 24.1 Å². The number of benzene rings is 2. The number of hydrogen-bond donors (Lipinski definition) is 2. The van der Waals surface area contributed by atoms with Gasteiger partial charge in [-0.1, -0.05) is 88.1 Å². The van der Waals surface area contributed by atoms with Crippen LogP contribution in [0.3, 0.4) is 0 Å². The maximum absolute atomic E-state index is 3.86. The van der Waals surface area contributed by atoms with Crippen LogP contribution in [0.4, 0.5) is 0 Å². The van der Waals surface area contributed by atoms with Gasteiger partial charge >= 0.3 is 0 Å². The predicted octanol–water partition coefficient (Wildman–Crippen LogP) is 6.56.